The van der Waals surface area contributed by atoms with Gasteiger partial charge in [0.25, 0.3) is 0 Å². The predicted molar refractivity (Wildman–Crippen MR) is 178 cm³/mol. The van der Waals surface area contributed by atoms with Crippen LogP contribution in [0.4, 0.5) is 0 Å². The van der Waals surface area contributed by atoms with Gasteiger partial charge in [-0.2, -0.15) is 0 Å². The van der Waals surface area contributed by atoms with E-state index in [9.17, 15) is 0 Å². The van der Waals surface area contributed by atoms with Gasteiger partial charge in [-0.05, 0) is 96.8 Å². The van der Waals surface area contributed by atoms with Crippen LogP contribution in [0.5, 0.6) is 0 Å². The van der Waals surface area contributed by atoms with Crippen molar-refractivity contribution in [1.29, 1.82) is 0 Å². The summed E-state index contributed by atoms with van der Waals surface area (Å²) in [6.07, 6.45) is 24.5. The maximum absolute atomic E-state index is 3.69. The van der Waals surface area contributed by atoms with Gasteiger partial charge in [-0.25, -0.2) is 0 Å². The lowest BCUT2D eigenvalue weighted by Crippen LogP contribution is -2.30. The fourth-order valence-corrected chi connectivity index (χ4v) is 8.39. The molecule has 2 N–H and O–H groups in total. The molecule has 0 amide bonds. The summed E-state index contributed by atoms with van der Waals surface area (Å²) in [5.74, 6) is 1.34. The molecule has 3 aliphatic rings. The molecular formula is C39H60N2. The van der Waals surface area contributed by atoms with Gasteiger partial charge in [0.15, 0.2) is 0 Å². The van der Waals surface area contributed by atoms with Gasteiger partial charge in [0, 0.05) is 18.5 Å². The average molecular weight is 557 g/mol. The fourth-order valence-electron chi connectivity index (χ4n) is 8.39. The van der Waals surface area contributed by atoms with E-state index in [0.717, 1.165) is 13.1 Å². The van der Waals surface area contributed by atoms with Crippen LogP contribution in [0.1, 0.15) is 164 Å². The molecule has 0 aromatic heterocycles. The minimum Gasteiger partial charge on any atom is -0.316 e. The molecule has 0 radical (unpaired) electrons. The molecule has 2 nitrogen and oxygen atoms in total. The van der Waals surface area contributed by atoms with Crippen LogP contribution in [0.25, 0.3) is 11.1 Å². The Labute approximate surface area is 252 Å². The van der Waals surface area contributed by atoms with E-state index in [4.69, 9.17) is 0 Å². The monoisotopic (exact) mass is 556 g/mol. The van der Waals surface area contributed by atoms with Crippen molar-refractivity contribution >= 4 is 0 Å². The van der Waals surface area contributed by atoms with E-state index in [0.29, 0.717) is 11.8 Å². The summed E-state index contributed by atoms with van der Waals surface area (Å²) in [7, 11) is 0. The van der Waals surface area contributed by atoms with Gasteiger partial charge in [-0.3, -0.25) is 0 Å². The van der Waals surface area contributed by atoms with Crippen LogP contribution in [-0.4, -0.2) is 26.2 Å². The van der Waals surface area contributed by atoms with Crippen LogP contribution in [0.3, 0.4) is 0 Å². The van der Waals surface area contributed by atoms with Gasteiger partial charge in [-0.1, -0.05) is 127 Å². The van der Waals surface area contributed by atoms with Crippen molar-refractivity contribution in [3.8, 4) is 11.1 Å². The summed E-state index contributed by atoms with van der Waals surface area (Å²) in [6, 6.07) is 15.5. The largest absolute Gasteiger partial charge is 0.316 e. The topological polar surface area (TPSA) is 24.1 Å². The lowest BCUT2D eigenvalue weighted by molar-refractivity contribution is 0.395. The van der Waals surface area contributed by atoms with Crippen molar-refractivity contribution < 1.29 is 0 Å². The summed E-state index contributed by atoms with van der Waals surface area (Å²) < 4.78 is 0. The molecule has 2 heteroatoms. The van der Waals surface area contributed by atoms with Crippen molar-refractivity contribution in [3.63, 3.8) is 0 Å². The Hall–Kier alpha value is -1.64. The van der Waals surface area contributed by atoms with Crippen LogP contribution >= 0.6 is 0 Å². The average Bonchev–Trinajstić information content (AvgIpc) is 3.30. The normalized spacial score (nSPS) is 21.5. The van der Waals surface area contributed by atoms with E-state index in [1.165, 1.54) is 129 Å². The minimum absolute atomic E-state index is 0.191. The van der Waals surface area contributed by atoms with E-state index >= 15 is 0 Å². The molecule has 2 fully saturated rings. The highest BCUT2D eigenvalue weighted by Gasteiger charge is 2.43. The third-order valence-electron chi connectivity index (χ3n) is 10.9. The smallest absolute Gasteiger partial charge is 0.0215 e. The highest BCUT2D eigenvalue weighted by Crippen LogP contribution is 2.55. The van der Waals surface area contributed by atoms with Gasteiger partial charge in [-0.15, -0.1) is 0 Å². The Morgan fingerprint density at radius 3 is 1.44 bits per heavy atom. The molecular weight excluding hydrogens is 496 g/mol. The quantitative estimate of drug-likeness (QED) is 0.201. The van der Waals surface area contributed by atoms with E-state index in [1.54, 1.807) is 33.4 Å². The van der Waals surface area contributed by atoms with Crippen molar-refractivity contribution in [2.75, 3.05) is 26.2 Å². The first-order valence-corrected chi connectivity index (χ1v) is 18.0. The fraction of sp³-hybridized carbons (Fsp3) is 0.692. The van der Waals surface area contributed by atoms with Crippen molar-refractivity contribution in [3.05, 3.63) is 58.7 Å². The molecule has 0 spiro atoms. The van der Waals surface area contributed by atoms with Crippen molar-refractivity contribution in [2.24, 2.45) is 0 Å². The molecule has 0 bridgehead atoms. The molecule has 2 aliphatic heterocycles. The Kier molecular flexibility index (Phi) is 11.8. The summed E-state index contributed by atoms with van der Waals surface area (Å²) in [5.41, 5.74) is 9.87. The number of fused-ring (bicyclic) bond motifs is 3. The summed E-state index contributed by atoms with van der Waals surface area (Å²) in [5, 5.41) is 7.39. The zero-order chi connectivity index (χ0) is 28.3. The van der Waals surface area contributed by atoms with E-state index in [-0.39, 0.29) is 5.41 Å². The Morgan fingerprint density at radius 2 is 1.02 bits per heavy atom. The summed E-state index contributed by atoms with van der Waals surface area (Å²) in [4.78, 5) is 0. The van der Waals surface area contributed by atoms with Gasteiger partial charge in [0.2, 0.25) is 0 Å². The molecule has 2 aromatic carbocycles. The lowest BCUT2D eigenvalue weighted by Gasteiger charge is -2.34. The molecule has 0 saturated carbocycles. The van der Waals surface area contributed by atoms with Crippen LogP contribution in [-0.2, 0) is 5.41 Å². The lowest BCUT2D eigenvalue weighted by atomic mass is 9.69. The number of nitrogens with one attached hydrogen (secondary N) is 2. The van der Waals surface area contributed by atoms with Crippen molar-refractivity contribution in [1.82, 2.24) is 10.6 Å². The van der Waals surface area contributed by atoms with Crippen molar-refractivity contribution in [2.45, 2.75) is 147 Å². The van der Waals surface area contributed by atoms with E-state index in [2.05, 4.69) is 60.9 Å². The maximum Gasteiger partial charge on any atom is 0.0215 e. The Morgan fingerprint density at radius 1 is 0.585 bits per heavy atom. The second-order valence-electron chi connectivity index (χ2n) is 13.8. The maximum atomic E-state index is 3.69. The van der Waals surface area contributed by atoms with Gasteiger partial charge in [0.05, 0.1) is 0 Å². The zero-order valence-corrected chi connectivity index (χ0v) is 26.7. The molecule has 1 aliphatic carbocycles. The number of rotatable bonds is 16. The first-order chi connectivity index (χ1) is 20.3. The number of hydrogen-bond donors (Lipinski definition) is 2. The third-order valence-corrected chi connectivity index (χ3v) is 10.9. The number of benzene rings is 2. The SMILES string of the molecule is CCCCCCCCC1(CCCCCCCC)c2cc(C3CCCNC3)ccc2-c2ccc(C3CCCNC3)cc21. The number of hydrogen-bond acceptors (Lipinski definition) is 2. The number of piperidine rings is 2. The standard InChI is InChI=1S/C39H60N2/c1-3-5-7-9-11-13-23-39(24-14-12-10-8-6-4-2)37-27-31(33-17-15-25-40-29-33)19-21-35(37)36-22-20-32(28-38(36)39)34-18-16-26-41-30-34/h19-22,27-28,33-34,40-41H,3-18,23-26,29-30H2,1-2H3. The third kappa shape index (κ3) is 7.48. The van der Waals surface area contributed by atoms with Gasteiger partial charge >= 0.3 is 0 Å². The minimum atomic E-state index is 0.191. The highest BCUT2D eigenvalue weighted by molar-refractivity contribution is 5.82. The van der Waals surface area contributed by atoms with E-state index in [1.807, 2.05) is 0 Å². The molecule has 2 atom stereocenters. The first kappa shape index (κ1) is 30.8. The molecule has 226 valence electrons. The molecule has 2 heterocycles. The highest BCUT2D eigenvalue weighted by atomic mass is 14.9. The second kappa shape index (κ2) is 15.7. The van der Waals surface area contributed by atoms with Crippen LogP contribution in [0.15, 0.2) is 36.4 Å². The summed E-state index contributed by atoms with van der Waals surface area (Å²) >= 11 is 0. The molecule has 41 heavy (non-hydrogen) atoms. The second-order valence-corrected chi connectivity index (χ2v) is 13.8. The predicted octanol–water partition coefficient (Wildman–Crippen LogP) is 10.4. The summed E-state index contributed by atoms with van der Waals surface area (Å²) in [6.45, 7) is 9.33. The number of unbranched alkanes of at least 4 members (excludes halogenated alkanes) is 10. The molecule has 2 saturated heterocycles. The Bertz CT molecular complexity index is 974. The van der Waals surface area contributed by atoms with E-state index < -0.39 is 0 Å². The molecule has 5 rings (SSSR count). The first-order valence-electron chi connectivity index (χ1n) is 18.0. The zero-order valence-electron chi connectivity index (χ0n) is 26.7. The molecule has 2 unspecified atom stereocenters. The van der Waals surface area contributed by atoms with Crippen LogP contribution < -0.4 is 10.6 Å². The van der Waals surface area contributed by atoms with Gasteiger partial charge < -0.3 is 10.6 Å². The Balaban J connectivity index is 1.49. The van der Waals surface area contributed by atoms with Gasteiger partial charge in [0.1, 0.15) is 0 Å². The van der Waals surface area contributed by atoms with Crippen LogP contribution in [0, 0.1) is 0 Å². The molecule has 2 aromatic rings. The van der Waals surface area contributed by atoms with Crippen LogP contribution in [0.2, 0.25) is 0 Å².